The van der Waals surface area contributed by atoms with Crippen molar-refractivity contribution in [2.24, 2.45) is 0 Å². The van der Waals surface area contributed by atoms with Crippen LogP contribution in [0.2, 0.25) is 0 Å². The summed E-state index contributed by atoms with van der Waals surface area (Å²) in [6, 6.07) is 26.5. The second-order valence-electron chi connectivity index (χ2n) is 8.80. The lowest BCUT2D eigenvalue weighted by Gasteiger charge is -2.22. The van der Waals surface area contributed by atoms with E-state index in [9.17, 15) is 9.90 Å². The lowest BCUT2D eigenvalue weighted by molar-refractivity contribution is -0.145. The minimum absolute atomic E-state index is 0.0153. The molecule has 0 spiro atoms. The van der Waals surface area contributed by atoms with Crippen LogP contribution in [0, 0.1) is 0 Å². The molecule has 1 N–H and O–H groups in total. The molecule has 0 fully saturated rings. The predicted octanol–water partition coefficient (Wildman–Crippen LogP) is 5.47. The number of nitrogens with zero attached hydrogens (tertiary/aromatic N) is 2. The first-order chi connectivity index (χ1) is 16.7. The van der Waals surface area contributed by atoms with E-state index in [0.717, 1.165) is 41.5 Å². The maximum absolute atomic E-state index is 12.1. The summed E-state index contributed by atoms with van der Waals surface area (Å²) >= 11 is 0. The molecule has 1 aromatic heterocycles. The first-order valence-corrected chi connectivity index (χ1v) is 11.8. The third kappa shape index (κ3) is 4.74. The second-order valence-corrected chi connectivity index (χ2v) is 8.80. The zero-order chi connectivity index (χ0) is 23.3. The Kier molecular flexibility index (Phi) is 6.43. The molecular formula is C29H28N2O3. The SMILES string of the molecule is O=C(O)C(Cn1cc(C(c2ccccc2)c2ccccc2)cn1)Oc1cccc2c1CCCC2. The second kappa shape index (κ2) is 9.96. The molecule has 3 aromatic carbocycles. The Bertz CT molecular complexity index is 1210. The average molecular weight is 453 g/mol. The summed E-state index contributed by atoms with van der Waals surface area (Å²) < 4.78 is 7.74. The van der Waals surface area contributed by atoms with Crippen LogP contribution in [0.5, 0.6) is 5.75 Å². The van der Waals surface area contributed by atoms with Crippen LogP contribution >= 0.6 is 0 Å². The molecule has 0 saturated heterocycles. The van der Waals surface area contributed by atoms with Gasteiger partial charge < -0.3 is 9.84 Å². The van der Waals surface area contributed by atoms with Crippen LogP contribution in [-0.4, -0.2) is 27.0 Å². The van der Waals surface area contributed by atoms with Crippen molar-refractivity contribution < 1.29 is 14.6 Å². The highest BCUT2D eigenvalue weighted by Gasteiger charge is 2.25. The van der Waals surface area contributed by atoms with Crippen molar-refractivity contribution in [1.82, 2.24) is 9.78 Å². The van der Waals surface area contributed by atoms with Crippen LogP contribution in [-0.2, 0) is 24.2 Å². The molecule has 0 amide bonds. The van der Waals surface area contributed by atoms with Gasteiger partial charge in [0.05, 0.1) is 12.7 Å². The van der Waals surface area contributed by atoms with Gasteiger partial charge in [-0.15, -0.1) is 0 Å². The standard InChI is InChI=1S/C29H28N2O3/c32-29(33)27(34-26-17-9-15-21-10-7-8-16-25(21)26)20-31-19-24(18-30-31)28(22-11-3-1-4-12-22)23-13-5-2-6-14-23/h1-6,9,11-15,17-19,27-28H,7-8,10,16,20H2,(H,32,33). The zero-order valence-corrected chi connectivity index (χ0v) is 19.0. The molecule has 4 aromatic rings. The van der Waals surface area contributed by atoms with Crippen molar-refractivity contribution in [1.29, 1.82) is 0 Å². The van der Waals surface area contributed by atoms with Crippen LogP contribution < -0.4 is 4.74 Å². The Morgan fingerprint density at radius 1 is 0.882 bits per heavy atom. The summed E-state index contributed by atoms with van der Waals surface area (Å²) in [5.41, 5.74) is 5.75. The van der Waals surface area contributed by atoms with Crippen molar-refractivity contribution in [3.63, 3.8) is 0 Å². The van der Waals surface area contributed by atoms with E-state index in [4.69, 9.17) is 4.74 Å². The Hall–Kier alpha value is -3.86. The molecule has 0 radical (unpaired) electrons. The number of aliphatic carboxylic acids is 1. The molecule has 0 aliphatic heterocycles. The van der Waals surface area contributed by atoms with Gasteiger partial charge >= 0.3 is 5.97 Å². The van der Waals surface area contributed by atoms with Gasteiger partial charge in [0.25, 0.3) is 0 Å². The Labute approximate surface area is 199 Å². The van der Waals surface area contributed by atoms with Gasteiger partial charge in [-0.2, -0.15) is 5.10 Å². The van der Waals surface area contributed by atoms with E-state index in [1.54, 1.807) is 4.68 Å². The Balaban J connectivity index is 1.40. The molecule has 5 rings (SSSR count). The summed E-state index contributed by atoms with van der Waals surface area (Å²) in [5, 5.41) is 14.4. The van der Waals surface area contributed by atoms with Crippen LogP contribution in [0.15, 0.2) is 91.3 Å². The Morgan fingerprint density at radius 3 is 2.24 bits per heavy atom. The minimum Gasteiger partial charge on any atom is -0.478 e. The number of carboxylic acid groups (broad SMARTS) is 1. The quantitative estimate of drug-likeness (QED) is 0.385. The third-order valence-electron chi connectivity index (χ3n) is 6.50. The number of hydrogen-bond donors (Lipinski definition) is 1. The van der Waals surface area contributed by atoms with Gasteiger partial charge in [0.2, 0.25) is 6.10 Å². The van der Waals surface area contributed by atoms with Crippen molar-refractivity contribution in [3.05, 3.63) is 119 Å². The molecule has 0 saturated carbocycles. The molecule has 1 aliphatic rings. The molecule has 172 valence electrons. The molecule has 5 nitrogen and oxygen atoms in total. The molecule has 1 atom stereocenters. The number of aromatic nitrogens is 2. The van der Waals surface area contributed by atoms with E-state index >= 15 is 0 Å². The van der Waals surface area contributed by atoms with E-state index in [2.05, 4.69) is 35.4 Å². The normalized spacial score (nSPS) is 13.9. The topological polar surface area (TPSA) is 64.3 Å². The van der Waals surface area contributed by atoms with Crippen molar-refractivity contribution in [2.45, 2.75) is 44.2 Å². The average Bonchev–Trinajstić information content (AvgIpc) is 3.33. The molecule has 1 aliphatic carbocycles. The van der Waals surface area contributed by atoms with Gasteiger partial charge in [-0.05, 0) is 54.0 Å². The summed E-state index contributed by atoms with van der Waals surface area (Å²) in [6.45, 7) is 0.134. The number of aryl methyl sites for hydroxylation is 1. The highest BCUT2D eigenvalue weighted by Crippen LogP contribution is 2.32. The summed E-state index contributed by atoms with van der Waals surface area (Å²) in [7, 11) is 0. The van der Waals surface area contributed by atoms with Crippen molar-refractivity contribution in [2.75, 3.05) is 0 Å². The van der Waals surface area contributed by atoms with E-state index in [-0.39, 0.29) is 12.5 Å². The fourth-order valence-corrected chi connectivity index (χ4v) is 4.84. The van der Waals surface area contributed by atoms with E-state index < -0.39 is 12.1 Å². The number of hydrogen-bond acceptors (Lipinski definition) is 3. The maximum atomic E-state index is 12.1. The van der Waals surface area contributed by atoms with Gasteiger partial charge in [0.1, 0.15) is 5.75 Å². The number of carboxylic acids is 1. The predicted molar refractivity (Wildman–Crippen MR) is 131 cm³/mol. The fourth-order valence-electron chi connectivity index (χ4n) is 4.84. The van der Waals surface area contributed by atoms with Crippen molar-refractivity contribution in [3.8, 4) is 5.75 Å². The van der Waals surface area contributed by atoms with Gasteiger partial charge in [-0.25, -0.2) is 4.79 Å². The van der Waals surface area contributed by atoms with Gasteiger partial charge in [-0.3, -0.25) is 4.68 Å². The third-order valence-corrected chi connectivity index (χ3v) is 6.50. The largest absolute Gasteiger partial charge is 0.478 e. The first kappa shape index (κ1) is 22.0. The summed E-state index contributed by atoms with van der Waals surface area (Å²) in [5.74, 6) is -0.293. The lowest BCUT2D eigenvalue weighted by Crippen LogP contribution is -2.32. The fraction of sp³-hybridized carbons (Fsp3) is 0.241. The maximum Gasteiger partial charge on any atom is 0.346 e. The zero-order valence-electron chi connectivity index (χ0n) is 19.0. The summed E-state index contributed by atoms with van der Waals surface area (Å²) in [6.07, 6.45) is 6.96. The first-order valence-electron chi connectivity index (χ1n) is 11.8. The highest BCUT2D eigenvalue weighted by atomic mass is 16.5. The van der Waals surface area contributed by atoms with Crippen LogP contribution in [0.3, 0.4) is 0 Å². The van der Waals surface area contributed by atoms with Crippen molar-refractivity contribution >= 4 is 5.97 Å². The molecule has 0 bridgehead atoms. The van der Waals surface area contributed by atoms with E-state index in [0.29, 0.717) is 5.75 Å². The molecule has 34 heavy (non-hydrogen) atoms. The van der Waals surface area contributed by atoms with Gasteiger partial charge in [0, 0.05) is 17.7 Å². The molecule has 5 heteroatoms. The number of rotatable bonds is 8. The molecular weight excluding hydrogens is 424 g/mol. The number of benzene rings is 3. The summed E-state index contributed by atoms with van der Waals surface area (Å²) in [4.78, 5) is 12.1. The van der Waals surface area contributed by atoms with Crippen LogP contribution in [0.25, 0.3) is 0 Å². The lowest BCUT2D eigenvalue weighted by atomic mass is 9.87. The number of fused-ring (bicyclic) bond motifs is 1. The van der Waals surface area contributed by atoms with E-state index in [1.165, 1.54) is 12.0 Å². The number of carbonyl (C=O) groups is 1. The highest BCUT2D eigenvalue weighted by molar-refractivity contribution is 5.72. The minimum atomic E-state index is -1.02. The number of ether oxygens (including phenoxy) is 1. The van der Waals surface area contributed by atoms with Gasteiger partial charge in [0.15, 0.2) is 0 Å². The smallest absolute Gasteiger partial charge is 0.346 e. The molecule has 1 unspecified atom stereocenters. The van der Waals surface area contributed by atoms with Crippen LogP contribution in [0.4, 0.5) is 0 Å². The van der Waals surface area contributed by atoms with Gasteiger partial charge in [-0.1, -0.05) is 72.8 Å². The monoisotopic (exact) mass is 452 g/mol. The van der Waals surface area contributed by atoms with Crippen LogP contribution in [0.1, 0.15) is 46.6 Å². The Morgan fingerprint density at radius 2 is 1.56 bits per heavy atom. The van der Waals surface area contributed by atoms with E-state index in [1.807, 2.05) is 60.9 Å². The molecule has 1 heterocycles.